The highest BCUT2D eigenvalue weighted by Crippen LogP contribution is 2.27. The number of aromatic nitrogens is 2. The Kier molecular flexibility index (Phi) is 3.75. The molecule has 1 aliphatic carbocycles. The molecule has 0 aliphatic heterocycles. The highest BCUT2D eigenvalue weighted by molar-refractivity contribution is 8.04. The zero-order chi connectivity index (χ0) is 12.3. The van der Waals surface area contributed by atoms with Crippen LogP contribution in [0.3, 0.4) is 0 Å². The van der Waals surface area contributed by atoms with Crippen molar-refractivity contribution in [3.05, 3.63) is 28.4 Å². The average Bonchev–Trinajstić information content (AvgIpc) is 2.80. The maximum Gasteiger partial charge on any atom is 0.205 e. The number of rotatable bonds is 5. The molecular formula is C11H12N2O3S. The molecule has 0 aromatic carbocycles. The van der Waals surface area contributed by atoms with Gasteiger partial charge in [-0.3, -0.25) is 14.7 Å². The first-order valence-corrected chi connectivity index (χ1v) is 6.30. The third-order valence-electron chi connectivity index (χ3n) is 2.43. The van der Waals surface area contributed by atoms with Gasteiger partial charge in [-0.2, -0.15) is 5.10 Å². The van der Waals surface area contributed by atoms with Crippen molar-refractivity contribution in [2.24, 2.45) is 0 Å². The lowest BCUT2D eigenvalue weighted by Crippen LogP contribution is -2.14. The number of fused-ring (bicyclic) bond motifs is 1. The number of thioether (sulfide) groups is 1. The van der Waals surface area contributed by atoms with Crippen LogP contribution in [0.5, 0.6) is 0 Å². The van der Waals surface area contributed by atoms with Gasteiger partial charge < -0.3 is 5.11 Å². The number of hydrogen-bond acceptors (Lipinski definition) is 5. The van der Waals surface area contributed by atoms with Crippen LogP contribution in [0.25, 0.3) is 0 Å². The number of allylic oxidation sites excluding steroid dienone is 2. The molecule has 1 aliphatic rings. The van der Waals surface area contributed by atoms with Gasteiger partial charge in [0.1, 0.15) is 5.69 Å². The SMILES string of the molecule is O=C1C(SCCCCO)=CC(=O)c2[nH]ncc21. The van der Waals surface area contributed by atoms with Gasteiger partial charge in [0, 0.05) is 12.7 Å². The highest BCUT2D eigenvalue weighted by atomic mass is 32.2. The minimum Gasteiger partial charge on any atom is -0.396 e. The summed E-state index contributed by atoms with van der Waals surface area (Å²) in [5.41, 5.74) is 0.622. The zero-order valence-electron chi connectivity index (χ0n) is 9.10. The predicted molar refractivity (Wildman–Crippen MR) is 64.1 cm³/mol. The summed E-state index contributed by atoms with van der Waals surface area (Å²) >= 11 is 1.35. The third kappa shape index (κ3) is 2.48. The Bertz CT molecular complexity index is 479. The highest BCUT2D eigenvalue weighted by Gasteiger charge is 2.27. The van der Waals surface area contributed by atoms with Gasteiger partial charge in [0.25, 0.3) is 0 Å². The molecule has 0 radical (unpaired) electrons. The van der Waals surface area contributed by atoms with Crippen molar-refractivity contribution in [2.45, 2.75) is 12.8 Å². The van der Waals surface area contributed by atoms with Crippen LogP contribution in [-0.4, -0.2) is 39.2 Å². The van der Waals surface area contributed by atoms with Crippen LogP contribution in [0, 0.1) is 0 Å². The predicted octanol–water partition coefficient (Wildman–Crippen LogP) is 1.18. The van der Waals surface area contributed by atoms with Crippen molar-refractivity contribution in [1.82, 2.24) is 10.2 Å². The normalized spacial score (nSPS) is 14.8. The summed E-state index contributed by atoms with van der Waals surface area (Å²) in [5, 5.41) is 14.9. The summed E-state index contributed by atoms with van der Waals surface area (Å²) in [5.74, 6) is 0.364. The number of aromatic amines is 1. The first kappa shape index (κ1) is 12.1. The molecule has 0 fully saturated rings. The molecule has 6 heteroatoms. The van der Waals surface area contributed by atoms with Crippen LogP contribution >= 0.6 is 11.8 Å². The second kappa shape index (κ2) is 5.29. The number of nitrogens with one attached hydrogen (secondary N) is 1. The standard InChI is InChI=1S/C11H12N2O3S/c14-3-1-2-4-17-9-5-8(15)10-7(11(9)16)6-12-13-10/h5-6,14H,1-4H2,(H,12,13). The molecule has 2 N–H and O–H groups in total. The molecule has 0 spiro atoms. The maximum atomic E-state index is 11.9. The maximum absolute atomic E-state index is 11.9. The van der Waals surface area contributed by atoms with E-state index < -0.39 is 0 Å². The van der Waals surface area contributed by atoms with E-state index in [1.165, 1.54) is 24.0 Å². The zero-order valence-corrected chi connectivity index (χ0v) is 9.92. The number of aliphatic hydroxyl groups is 1. The third-order valence-corrected chi connectivity index (χ3v) is 3.53. The summed E-state index contributed by atoms with van der Waals surface area (Å²) in [4.78, 5) is 24.0. The van der Waals surface area contributed by atoms with E-state index >= 15 is 0 Å². The first-order chi connectivity index (χ1) is 8.24. The van der Waals surface area contributed by atoms with Gasteiger partial charge in [-0.05, 0) is 18.6 Å². The number of carbonyl (C=O) groups excluding carboxylic acids is 2. The summed E-state index contributed by atoms with van der Waals surface area (Å²) in [6.07, 6.45) is 4.26. The molecule has 5 nitrogen and oxygen atoms in total. The van der Waals surface area contributed by atoms with E-state index in [2.05, 4.69) is 10.2 Å². The molecule has 0 bridgehead atoms. The molecule has 0 atom stereocenters. The largest absolute Gasteiger partial charge is 0.396 e. The average molecular weight is 252 g/mol. The van der Waals surface area contributed by atoms with Crippen LogP contribution in [0.1, 0.15) is 33.7 Å². The monoisotopic (exact) mass is 252 g/mol. The van der Waals surface area contributed by atoms with E-state index in [1.807, 2.05) is 0 Å². The lowest BCUT2D eigenvalue weighted by Gasteiger charge is -2.10. The molecule has 1 aromatic heterocycles. The van der Waals surface area contributed by atoms with E-state index in [9.17, 15) is 9.59 Å². The second-order valence-corrected chi connectivity index (χ2v) is 4.78. The lowest BCUT2D eigenvalue weighted by molar-refractivity contribution is 0.0989. The lowest BCUT2D eigenvalue weighted by atomic mass is 10.0. The Labute approximate surface area is 102 Å². The molecule has 90 valence electrons. The van der Waals surface area contributed by atoms with Gasteiger partial charge in [-0.25, -0.2) is 0 Å². The van der Waals surface area contributed by atoms with E-state index in [-0.39, 0.29) is 23.9 Å². The molecule has 0 saturated carbocycles. The Morgan fingerprint density at radius 3 is 2.94 bits per heavy atom. The summed E-state index contributed by atoms with van der Waals surface area (Å²) in [6, 6.07) is 0. The number of H-pyrrole nitrogens is 1. The number of ketones is 2. The Balaban J connectivity index is 2.05. The quantitative estimate of drug-likeness (QED) is 0.769. The van der Waals surface area contributed by atoms with E-state index in [4.69, 9.17) is 5.11 Å². The van der Waals surface area contributed by atoms with E-state index in [0.717, 1.165) is 12.2 Å². The molecule has 0 amide bonds. The van der Waals surface area contributed by atoms with Crippen molar-refractivity contribution >= 4 is 23.3 Å². The minimum absolute atomic E-state index is 0.151. The van der Waals surface area contributed by atoms with Crippen molar-refractivity contribution < 1.29 is 14.7 Å². The topological polar surface area (TPSA) is 83.0 Å². The summed E-state index contributed by atoms with van der Waals surface area (Å²) in [7, 11) is 0. The van der Waals surface area contributed by atoms with Crippen LogP contribution < -0.4 is 0 Å². The smallest absolute Gasteiger partial charge is 0.205 e. The Hall–Kier alpha value is -1.40. The van der Waals surface area contributed by atoms with Crippen LogP contribution in [0.4, 0.5) is 0 Å². The fourth-order valence-corrected chi connectivity index (χ4v) is 2.54. The molecule has 0 saturated heterocycles. The fraction of sp³-hybridized carbons (Fsp3) is 0.364. The molecule has 17 heavy (non-hydrogen) atoms. The van der Waals surface area contributed by atoms with Crippen LogP contribution in [0.2, 0.25) is 0 Å². The van der Waals surface area contributed by atoms with Gasteiger partial charge in [0.2, 0.25) is 11.6 Å². The van der Waals surface area contributed by atoms with Crippen molar-refractivity contribution in [3.63, 3.8) is 0 Å². The van der Waals surface area contributed by atoms with Gasteiger partial charge in [0.05, 0.1) is 16.7 Å². The Morgan fingerprint density at radius 2 is 2.18 bits per heavy atom. The minimum atomic E-state index is -0.207. The number of Topliss-reactive ketones (excluding diaryl/α,β-unsaturated/α-hetero) is 1. The summed E-state index contributed by atoms with van der Waals surface area (Å²) < 4.78 is 0. The van der Waals surface area contributed by atoms with Gasteiger partial charge in [-0.1, -0.05) is 0 Å². The van der Waals surface area contributed by atoms with Crippen LogP contribution in [0.15, 0.2) is 17.2 Å². The summed E-state index contributed by atoms with van der Waals surface area (Å²) in [6.45, 7) is 0.151. The molecule has 1 aromatic rings. The number of carbonyl (C=O) groups is 2. The number of unbranched alkanes of at least 4 members (excludes halogenated alkanes) is 1. The van der Waals surface area contributed by atoms with Crippen molar-refractivity contribution in [2.75, 3.05) is 12.4 Å². The van der Waals surface area contributed by atoms with Crippen LogP contribution in [-0.2, 0) is 0 Å². The van der Waals surface area contributed by atoms with Gasteiger partial charge >= 0.3 is 0 Å². The molecule has 1 heterocycles. The Morgan fingerprint density at radius 1 is 1.35 bits per heavy atom. The van der Waals surface area contributed by atoms with E-state index in [0.29, 0.717) is 16.9 Å². The van der Waals surface area contributed by atoms with Crippen molar-refractivity contribution in [1.29, 1.82) is 0 Å². The number of nitrogens with zero attached hydrogens (tertiary/aromatic N) is 1. The van der Waals surface area contributed by atoms with Crippen molar-refractivity contribution in [3.8, 4) is 0 Å². The fourth-order valence-electron chi connectivity index (χ4n) is 1.54. The first-order valence-electron chi connectivity index (χ1n) is 5.32. The molecule has 0 unspecified atom stereocenters. The molecule has 2 rings (SSSR count). The molecular weight excluding hydrogens is 240 g/mol. The van der Waals surface area contributed by atoms with E-state index in [1.54, 1.807) is 0 Å². The number of aliphatic hydroxyl groups excluding tert-OH is 1. The second-order valence-electron chi connectivity index (χ2n) is 3.64. The number of hydrogen-bond donors (Lipinski definition) is 2. The van der Waals surface area contributed by atoms with Gasteiger partial charge in [0.15, 0.2) is 0 Å². The van der Waals surface area contributed by atoms with Gasteiger partial charge in [-0.15, -0.1) is 11.8 Å².